The summed E-state index contributed by atoms with van der Waals surface area (Å²) in [5, 5.41) is 33.9. The Bertz CT molecular complexity index is 2690. The van der Waals surface area contributed by atoms with Crippen LogP contribution in [0.25, 0.3) is 0 Å². The smallest absolute Gasteiger partial charge is 0.407 e. The molecule has 5 atom stereocenters. The van der Waals surface area contributed by atoms with Crippen LogP contribution >= 0.6 is 0 Å². The van der Waals surface area contributed by atoms with Gasteiger partial charge in [0.15, 0.2) is 5.90 Å². The van der Waals surface area contributed by atoms with Crippen molar-refractivity contribution in [2.75, 3.05) is 58.5 Å². The Hall–Kier alpha value is -7.15. The van der Waals surface area contributed by atoms with Crippen molar-refractivity contribution in [3.63, 3.8) is 0 Å². The van der Waals surface area contributed by atoms with E-state index in [1.807, 2.05) is 22.9 Å². The minimum absolute atomic E-state index is 0.203. The zero-order valence-corrected chi connectivity index (χ0v) is 43.8. The van der Waals surface area contributed by atoms with E-state index in [0.29, 0.717) is 62.0 Å². The number of hydrogen-bond donors (Lipinski definition) is 7. The second kappa shape index (κ2) is 25.5. The van der Waals surface area contributed by atoms with E-state index in [1.165, 1.54) is 12.1 Å². The number of halogens is 8. The van der Waals surface area contributed by atoms with Gasteiger partial charge in [0.1, 0.15) is 29.5 Å². The lowest BCUT2D eigenvalue weighted by Gasteiger charge is -2.46. The predicted molar refractivity (Wildman–Crippen MR) is 266 cm³/mol. The number of benzene rings is 2. The molecule has 4 amide bonds. The molecule has 27 heteroatoms. The summed E-state index contributed by atoms with van der Waals surface area (Å²) in [6, 6.07) is 4.85. The molecule has 2 aliphatic heterocycles. The Balaban J connectivity index is 1.49. The highest BCUT2D eigenvalue weighted by Crippen LogP contribution is 2.42. The summed E-state index contributed by atoms with van der Waals surface area (Å²) in [5.74, 6) is -0.629. The second-order valence-corrected chi connectivity index (χ2v) is 19.8. The lowest BCUT2D eigenvalue weighted by molar-refractivity contribution is -0.221. The Labute approximate surface area is 444 Å². The van der Waals surface area contributed by atoms with Gasteiger partial charge in [-0.3, -0.25) is 30.7 Å². The van der Waals surface area contributed by atoms with Crippen molar-refractivity contribution in [1.82, 2.24) is 36.3 Å². The monoisotopic (exact) mass is 1110 g/mol. The third kappa shape index (κ3) is 15.5. The maximum Gasteiger partial charge on any atom is 0.407 e. The standard InChI is InChI=1S/C51H62F8N10O9/c1-28-23-67(34-26-77-27-34)17-18-69(28)40-16-15-32(22-62-40)14-11-30-9-12-31(13-10-30)19-38(63-44(71)41(64-46(73)75-7)48(3,4)50(54,55)56)39(70)25-68(24-35-36(52)20-33(21-37(35)53)43(61)78-29(2)60)66-45(72)42(65-47(74)76-8)49(5,6)51(57,58)59/h9-10,12-13,15-16,20-22,28,34,38-39,41-42,60-61,70H,17-19,23-27H2,1-8H3,(H,63,71)(H,64,73)(H,65,74)(H,66,72)/t28-,38+,39+,41?,42-/m1/s1. The topological polar surface area (TPSA) is 244 Å². The summed E-state index contributed by atoms with van der Waals surface area (Å²) < 4.78 is 138. The highest BCUT2D eigenvalue weighted by atomic mass is 19.4. The van der Waals surface area contributed by atoms with Gasteiger partial charge in [-0.25, -0.2) is 28.4 Å². The van der Waals surface area contributed by atoms with Crippen LogP contribution in [0.2, 0.25) is 0 Å². The minimum Gasteiger partial charge on any atom is -0.453 e. The van der Waals surface area contributed by atoms with Gasteiger partial charge in [-0.2, -0.15) is 26.3 Å². The van der Waals surface area contributed by atoms with Crippen LogP contribution in [0, 0.1) is 45.1 Å². The number of hydrazine groups is 1. The predicted octanol–water partition coefficient (Wildman–Crippen LogP) is 5.56. The maximum absolute atomic E-state index is 15.9. The molecule has 5 rings (SSSR count). The van der Waals surface area contributed by atoms with E-state index in [9.17, 15) is 50.6 Å². The van der Waals surface area contributed by atoms with Crippen molar-refractivity contribution in [3.05, 3.63) is 94.2 Å². The molecular formula is C51H62F8N10O9. The number of nitrogens with zero attached hydrogens (tertiary/aromatic N) is 4. The van der Waals surface area contributed by atoms with Crippen molar-refractivity contribution in [2.24, 2.45) is 10.8 Å². The Morgan fingerprint density at radius 2 is 1.37 bits per heavy atom. The van der Waals surface area contributed by atoms with Gasteiger partial charge in [0, 0.05) is 74.1 Å². The van der Waals surface area contributed by atoms with E-state index in [0.717, 1.165) is 59.8 Å². The lowest BCUT2D eigenvalue weighted by atomic mass is 9.82. The molecule has 7 N–H and O–H groups in total. The van der Waals surface area contributed by atoms with Crippen LogP contribution in [0.3, 0.4) is 0 Å². The summed E-state index contributed by atoms with van der Waals surface area (Å²) in [6.07, 6.45) is -14.3. The number of alkyl halides is 6. The number of anilines is 1. The molecule has 0 spiro atoms. The molecule has 2 aromatic carbocycles. The molecular weight excluding hydrogens is 1050 g/mol. The molecule has 426 valence electrons. The third-order valence-electron chi connectivity index (χ3n) is 13.4. The van der Waals surface area contributed by atoms with E-state index in [-0.39, 0.29) is 11.6 Å². The average molecular weight is 1110 g/mol. The number of aromatic nitrogens is 1. The number of carbonyl (C=O) groups is 4. The summed E-state index contributed by atoms with van der Waals surface area (Å²) >= 11 is 0. The first-order chi connectivity index (χ1) is 36.4. The van der Waals surface area contributed by atoms with Crippen LogP contribution in [0.15, 0.2) is 54.7 Å². The maximum atomic E-state index is 15.9. The zero-order valence-electron chi connectivity index (χ0n) is 43.8. The Morgan fingerprint density at radius 1 is 0.833 bits per heavy atom. The van der Waals surface area contributed by atoms with Gasteiger partial charge in [-0.15, -0.1) is 0 Å². The fourth-order valence-corrected chi connectivity index (χ4v) is 8.23. The van der Waals surface area contributed by atoms with Crippen LogP contribution in [-0.4, -0.2) is 158 Å². The number of hydrogen-bond acceptors (Lipinski definition) is 15. The van der Waals surface area contributed by atoms with E-state index >= 15 is 8.78 Å². The average Bonchev–Trinajstić information content (AvgIpc) is 3.35. The van der Waals surface area contributed by atoms with E-state index < -0.39 is 125 Å². The number of alkyl carbamates (subject to hydrolysis) is 2. The van der Waals surface area contributed by atoms with Gasteiger partial charge in [-0.1, -0.05) is 24.0 Å². The quantitative estimate of drug-likeness (QED) is 0.0272. The van der Waals surface area contributed by atoms with E-state index in [1.54, 1.807) is 23.6 Å². The third-order valence-corrected chi connectivity index (χ3v) is 13.4. The van der Waals surface area contributed by atoms with E-state index in [2.05, 4.69) is 48.3 Å². The SMILES string of the molecule is COC(=O)NC(C(=O)N[C@@H](Cc1ccc(C#Cc2ccc(N3CCN(C4COC4)C[C@H]3C)nc2)cc1)[C@@H](O)CN(Cc1c(F)cc(C(=N)OC(C)=N)cc1F)NC(=O)[C@@H](NC(=O)OC)C(C)(C)C(F)(F)F)C(C)(C)C(F)(F)F. The number of aliphatic hydroxyl groups is 1. The second-order valence-electron chi connectivity index (χ2n) is 19.8. The molecule has 0 radical (unpaired) electrons. The summed E-state index contributed by atoms with van der Waals surface area (Å²) in [7, 11) is 1.62. The molecule has 3 aromatic rings. The van der Waals surface area contributed by atoms with Crippen LogP contribution in [-0.2, 0) is 41.5 Å². The largest absolute Gasteiger partial charge is 0.453 e. The first-order valence-corrected chi connectivity index (χ1v) is 24.2. The number of ether oxygens (including phenoxy) is 4. The molecule has 2 fully saturated rings. The minimum atomic E-state index is -5.21. The van der Waals surface area contributed by atoms with Gasteiger partial charge >= 0.3 is 24.5 Å². The van der Waals surface area contributed by atoms with Gasteiger partial charge in [-0.05, 0) is 83.0 Å². The molecule has 1 aromatic heterocycles. The molecule has 0 saturated carbocycles. The number of carbonyl (C=O) groups excluding carboxylic acids is 4. The fraction of sp³-hybridized carbons (Fsp3) is 0.510. The van der Waals surface area contributed by atoms with Crippen LogP contribution in [0.5, 0.6) is 0 Å². The molecule has 3 heterocycles. The number of piperazine rings is 1. The number of rotatable bonds is 18. The van der Waals surface area contributed by atoms with Gasteiger partial charge in [0.05, 0.1) is 56.5 Å². The highest BCUT2D eigenvalue weighted by molar-refractivity contribution is 5.98. The van der Waals surface area contributed by atoms with Crippen molar-refractivity contribution in [1.29, 1.82) is 10.8 Å². The van der Waals surface area contributed by atoms with Crippen LogP contribution in [0.1, 0.15) is 69.4 Å². The highest BCUT2D eigenvalue weighted by Gasteiger charge is 2.57. The van der Waals surface area contributed by atoms with Crippen molar-refractivity contribution >= 4 is 41.6 Å². The number of aliphatic hydroxyl groups excluding tert-OH is 1. The van der Waals surface area contributed by atoms with Crippen LogP contribution < -0.4 is 26.3 Å². The number of pyridine rings is 1. The van der Waals surface area contributed by atoms with Gasteiger partial charge in [0.25, 0.3) is 5.91 Å². The Kier molecular flexibility index (Phi) is 20.2. The van der Waals surface area contributed by atoms with Crippen molar-refractivity contribution in [2.45, 2.75) is 103 Å². The van der Waals surface area contributed by atoms with Crippen LogP contribution in [0.4, 0.5) is 50.5 Å². The molecule has 0 bridgehead atoms. The molecule has 1 unspecified atom stereocenters. The van der Waals surface area contributed by atoms with Crippen molar-refractivity contribution < 1.29 is 78.4 Å². The molecule has 2 saturated heterocycles. The lowest BCUT2D eigenvalue weighted by Crippen LogP contribution is -2.63. The first kappa shape index (κ1) is 61.7. The molecule has 19 nitrogen and oxygen atoms in total. The Morgan fingerprint density at radius 3 is 1.85 bits per heavy atom. The number of methoxy groups -OCH3 is 2. The fourth-order valence-electron chi connectivity index (χ4n) is 8.23. The summed E-state index contributed by atoms with van der Waals surface area (Å²) in [6.45, 7) is 7.28. The normalized spacial score (nSPS) is 17.0. The molecule has 2 aliphatic rings. The number of nitrogens with one attached hydrogen (secondary N) is 6. The number of amides is 4. The molecule has 78 heavy (non-hydrogen) atoms. The van der Waals surface area contributed by atoms with Gasteiger partial charge < -0.3 is 44.9 Å². The summed E-state index contributed by atoms with van der Waals surface area (Å²) in [4.78, 5) is 62.0. The molecule has 0 aliphatic carbocycles. The van der Waals surface area contributed by atoms with Crippen molar-refractivity contribution in [3.8, 4) is 11.8 Å². The summed E-state index contributed by atoms with van der Waals surface area (Å²) in [5.41, 5.74) is -4.21. The van der Waals surface area contributed by atoms with Gasteiger partial charge in [0.2, 0.25) is 11.8 Å². The van der Waals surface area contributed by atoms with E-state index in [4.69, 9.17) is 20.3 Å². The zero-order chi connectivity index (χ0) is 58.1. The first-order valence-electron chi connectivity index (χ1n) is 24.2.